The minimum Gasteiger partial charge on any atom is -0.488 e. The number of ether oxygens (including phenoxy) is 1. The van der Waals surface area contributed by atoms with Crippen LogP contribution in [-0.2, 0) is 11.9 Å². The number of alkyl halides is 1. The predicted molar refractivity (Wildman–Crippen MR) is 120 cm³/mol. The summed E-state index contributed by atoms with van der Waals surface area (Å²) in [5, 5.41) is 0.655. The third-order valence-corrected chi connectivity index (χ3v) is 8.14. The normalized spacial score (nSPS) is 29.9. The second-order valence-corrected chi connectivity index (χ2v) is 10.3. The van der Waals surface area contributed by atoms with Crippen molar-refractivity contribution in [3.05, 3.63) is 64.1 Å². The molecule has 4 heteroatoms. The molecular formula is C25H30BrNO2. The Labute approximate surface area is 181 Å². The van der Waals surface area contributed by atoms with Gasteiger partial charge in [-0.05, 0) is 73.7 Å². The summed E-state index contributed by atoms with van der Waals surface area (Å²) >= 11 is 3.52. The van der Waals surface area contributed by atoms with E-state index in [1.165, 1.54) is 44.1 Å². The number of aromatic nitrogens is 1. The smallest absolute Gasteiger partial charge is 0.223 e. The zero-order valence-electron chi connectivity index (χ0n) is 17.0. The van der Waals surface area contributed by atoms with Crippen LogP contribution in [0.5, 0.6) is 5.75 Å². The Kier molecular flexibility index (Phi) is 5.32. The van der Waals surface area contributed by atoms with Crippen LogP contribution in [0.3, 0.4) is 0 Å². The van der Waals surface area contributed by atoms with Gasteiger partial charge in [0.05, 0.1) is 12.8 Å². The quantitative estimate of drug-likeness (QED) is 0.495. The molecule has 4 fully saturated rings. The lowest BCUT2D eigenvalue weighted by atomic mass is 9.49. The first-order valence-corrected chi connectivity index (χ1v) is 12.2. The first kappa shape index (κ1) is 19.4. The molecule has 2 aromatic rings. The maximum Gasteiger partial charge on any atom is 0.223 e. The van der Waals surface area contributed by atoms with E-state index in [-0.39, 0.29) is 5.43 Å². The highest BCUT2D eigenvalue weighted by molar-refractivity contribution is 9.08. The fourth-order valence-electron chi connectivity index (χ4n) is 6.72. The molecule has 6 rings (SSSR count). The molecule has 1 aromatic heterocycles. The minimum absolute atomic E-state index is 0.00530. The molecule has 1 heterocycles. The Morgan fingerprint density at radius 1 is 1.03 bits per heavy atom. The predicted octanol–water partition coefficient (Wildman–Crippen LogP) is 5.78. The van der Waals surface area contributed by atoms with Crippen molar-refractivity contribution in [2.24, 2.45) is 23.2 Å². The van der Waals surface area contributed by atoms with Crippen LogP contribution in [0.4, 0.5) is 0 Å². The van der Waals surface area contributed by atoms with Gasteiger partial charge in [0.2, 0.25) is 5.43 Å². The molecule has 0 N–H and O–H groups in total. The molecule has 3 nitrogen and oxygen atoms in total. The summed E-state index contributed by atoms with van der Waals surface area (Å²) in [5.41, 5.74) is 2.69. The summed E-state index contributed by atoms with van der Waals surface area (Å²) in [6.45, 7) is 1.41. The lowest BCUT2D eigenvalue weighted by Gasteiger charge is -2.57. The van der Waals surface area contributed by atoms with E-state index in [1.807, 2.05) is 12.3 Å². The van der Waals surface area contributed by atoms with E-state index >= 15 is 0 Å². The Balaban J connectivity index is 1.28. The number of rotatable bonds is 7. The highest BCUT2D eigenvalue weighted by Gasteiger charge is 2.50. The minimum atomic E-state index is -0.00530. The summed E-state index contributed by atoms with van der Waals surface area (Å²) < 4.78 is 8.24. The maximum absolute atomic E-state index is 12.6. The van der Waals surface area contributed by atoms with Crippen LogP contribution in [-0.4, -0.2) is 11.2 Å². The molecule has 4 saturated carbocycles. The SMILES string of the molecule is O=c1cc(CBr)n(Cc2ccccc2)cc1OCCC12CC3CC(CC(C3)C1)C2. The molecule has 154 valence electrons. The summed E-state index contributed by atoms with van der Waals surface area (Å²) in [5.74, 6) is 3.38. The van der Waals surface area contributed by atoms with Crippen molar-refractivity contribution in [1.82, 2.24) is 4.57 Å². The van der Waals surface area contributed by atoms with Crippen molar-refractivity contribution in [3.63, 3.8) is 0 Å². The van der Waals surface area contributed by atoms with E-state index in [0.717, 1.165) is 36.4 Å². The fourth-order valence-corrected chi connectivity index (χ4v) is 7.20. The standard InChI is InChI=1S/C25H30BrNO2/c26-15-22-11-23(28)24(17-27(22)16-18-4-2-1-3-5-18)29-7-6-25-12-19-8-20(13-25)10-21(9-19)14-25/h1-5,11,17,19-21H,6-10,12-16H2. The zero-order chi connectivity index (χ0) is 19.8. The Hall–Kier alpha value is -1.55. The summed E-state index contributed by atoms with van der Waals surface area (Å²) in [7, 11) is 0. The number of hydrogen-bond donors (Lipinski definition) is 0. The second kappa shape index (κ2) is 7.94. The van der Waals surface area contributed by atoms with Crippen molar-refractivity contribution in [1.29, 1.82) is 0 Å². The Bertz CT molecular complexity index is 885. The first-order valence-electron chi connectivity index (χ1n) is 11.1. The number of nitrogens with zero attached hydrogens (tertiary/aromatic N) is 1. The molecule has 0 spiro atoms. The molecule has 0 saturated heterocycles. The molecule has 4 aliphatic carbocycles. The average Bonchev–Trinajstić information content (AvgIpc) is 2.69. The van der Waals surface area contributed by atoms with Gasteiger partial charge in [-0.2, -0.15) is 0 Å². The zero-order valence-corrected chi connectivity index (χ0v) is 18.6. The van der Waals surface area contributed by atoms with Crippen molar-refractivity contribution < 1.29 is 4.74 Å². The van der Waals surface area contributed by atoms with E-state index in [1.54, 1.807) is 6.07 Å². The third kappa shape index (κ3) is 4.05. The van der Waals surface area contributed by atoms with Gasteiger partial charge < -0.3 is 9.30 Å². The van der Waals surface area contributed by atoms with Crippen molar-refractivity contribution in [3.8, 4) is 5.75 Å². The summed E-state index contributed by atoms with van der Waals surface area (Å²) in [6.07, 6.45) is 11.6. The Morgan fingerprint density at radius 3 is 2.31 bits per heavy atom. The van der Waals surface area contributed by atoms with E-state index < -0.39 is 0 Å². The molecule has 0 atom stereocenters. The maximum atomic E-state index is 12.6. The molecule has 1 aromatic carbocycles. The van der Waals surface area contributed by atoms with Gasteiger partial charge in [-0.25, -0.2) is 0 Å². The molecule has 0 aliphatic heterocycles. The second-order valence-electron chi connectivity index (χ2n) is 9.76. The molecule has 4 aliphatic rings. The largest absolute Gasteiger partial charge is 0.488 e. The van der Waals surface area contributed by atoms with Crippen LogP contribution < -0.4 is 10.2 Å². The van der Waals surface area contributed by atoms with E-state index in [9.17, 15) is 4.79 Å². The van der Waals surface area contributed by atoms with Gasteiger partial charge in [-0.15, -0.1) is 0 Å². The van der Waals surface area contributed by atoms with Crippen molar-refractivity contribution in [2.75, 3.05) is 6.61 Å². The number of hydrogen-bond acceptors (Lipinski definition) is 2. The number of benzene rings is 1. The Morgan fingerprint density at radius 2 is 1.69 bits per heavy atom. The van der Waals surface area contributed by atoms with Crippen LogP contribution in [0.15, 0.2) is 47.4 Å². The fraction of sp³-hybridized carbons (Fsp3) is 0.560. The lowest BCUT2D eigenvalue weighted by molar-refractivity contribution is -0.0623. The van der Waals surface area contributed by atoms with Crippen molar-refractivity contribution >= 4 is 15.9 Å². The average molecular weight is 456 g/mol. The van der Waals surface area contributed by atoms with Gasteiger partial charge >= 0.3 is 0 Å². The third-order valence-electron chi connectivity index (χ3n) is 7.57. The highest BCUT2D eigenvalue weighted by Crippen LogP contribution is 2.61. The highest BCUT2D eigenvalue weighted by atomic mass is 79.9. The molecule has 4 bridgehead atoms. The molecular weight excluding hydrogens is 426 g/mol. The number of halogens is 1. The molecule has 0 radical (unpaired) electrons. The molecule has 0 unspecified atom stereocenters. The van der Waals surface area contributed by atoms with Crippen LogP contribution in [0, 0.1) is 23.2 Å². The van der Waals surface area contributed by atoms with Gasteiger partial charge in [0.1, 0.15) is 0 Å². The topological polar surface area (TPSA) is 31.2 Å². The van der Waals surface area contributed by atoms with Gasteiger partial charge in [0.25, 0.3) is 0 Å². The van der Waals surface area contributed by atoms with E-state index in [2.05, 4.69) is 44.8 Å². The van der Waals surface area contributed by atoms with E-state index in [4.69, 9.17) is 4.74 Å². The lowest BCUT2D eigenvalue weighted by Crippen LogP contribution is -2.46. The van der Waals surface area contributed by atoms with Crippen LogP contribution in [0.1, 0.15) is 56.2 Å². The summed E-state index contributed by atoms with van der Waals surface area (Å²) in [6, 6.07) is 12.1. The first-order chi connectivity index (χ1) is 14.1. The van der Waals surface area contributed by atoms with Gasteiger partial charge in [0, 0.05) is 23.6 Å². The van der Waals surface area contributed by atoms with Crippen LogP contribution in [0.25, 0.3) is 0 Å². The number of pyridine rings is 1. The van der Waals surface area contributed by atoms with Gasteiger partial charge in [-0.3, -0.25) is 4.79 Å². The van der Waals surface area contributed by atoms with Crippen molar-refractivity contribution in [2.45, 2.75) is 56.8 Å². The van der Waals surface area contributed by atoms with Crippen LogP contribution >= 0.6 is 15.9 Å². The summed E-state index contributed by atoms with van der Waals surface area (Å²) in [4.78, 5) is 12.6. The van der Waals surface area contributed by atoms with Gasteiger partial charge in [0.15, 0.2) is 5.75 Å². The monoisotopic (exact) mass is 455 g/mol. The molecule has 29 heavy (non-hydrogen) atoms. The van der Waals surface area contributed by atoms with Gasteiger partial charge in [-0.1, -0.05) is 46.3 Å². The van der Waals surface area contributed by atoms with E-state index in [0.29, 0.717) is 23.1 Å². The van der Waals surface area contributed by atoms with Crippen LogP contribution in [0.2, 0.25) is 0 Å². The molecule has 0 amide bonds.